The number of carboxylic acids is 1. The zero-order chi connectivity index (χ0) is 31.7. The third-order valence-corrected chi connectivity index (χ3v) is 7.50. The van der Waals surface area contributed by atoms with Gasteiger partial charge in [-0.1, -0.05) is 41.5 Å². The van der Waals surface area contributed by atoms with Crippen LogP contribution in [0.4, 0.5) is 0 Å². The van der Waals surface area contributed by atoms with Crippen molar-refractivity contribution < 1.29 is 29.1 Å². The van der Waals surface area contributed by atoms with Gasteiger partial charge in [-0.25, -0.2) is 4.79 Å². The lowest BCUT2D eigenvalue weighted by atomic mass is 9.98. The Morgan fingerprint density at radius 3 is 1.22 bits per heavy atom. The molecule has 11 nitrogen and oxygen atoms in total. The van der Waals surface area contributed by atoms with Crippen LogP contribution in [0.1, 0.15) is 73.6 Å². The molecule has 0 aromatic carbocycles. The highest BCUT2D eigenvalue weighted by molar-refractivity contribution is 7.98. The Morgan fingerprint density at radius 2 is 0.902 bits per heavy atom. The van der Waals surface area contributed by atoms with E-state index in [1.54, 1.807) is 11.8 Å². The molecule has 0 aromatic rings. The first-order valence-corrected chi connectivity index (χ1v) is 17.1. The minimum absolute atomic E-state index is 0.0274. The Morgan fingerprint density at radius 1 is 0.585 bits per heavy atom. The minimum Gasteiger partial charge on any atom is -0.480 e. The molecule has 0 aliphatic rings. The molecule has 238 valence electrons. The lowest BCUT2D eigenvalue weighted by Gasteiger charge is -2.28. The zero-order valence-corrected chi connectivity index (χ0v) is 27.6. The van der Waals surface area contributed by atoms with E-state index in [-0.39, 0.29) is 30.6 Å². The first kappa shape index (κ1) is 39.0. The number of amides is 4. The van der Waals surface area contributed by atoms with E-state index in [2.05, 4.69) is 21.3 Å². The average Bonchev–Trinajstić information content (AvgIpc) is 2.86. The fourth-order valence-electron chi connectivity index (χ4n) is 4.07. The smallest absolute Gasteiger partial charge is 0.326 e. The molecule has 41 heavy (non-hydrogen) atoms. The van der Waals surface area contributed by atoms with Crippen molar-refractivity contribution in [3.63, 3.8) is 0 Å². The predicted molar refractivity (Wildman–Crippen MR) is 168 cm³/mol. The molecule has 0 spiro atoms. The van der Waals surface area contributed by atoms with Gasteiger partial charge < -0.3 is 32.1 Å². The van der Waals surface area contributed by atoms with E-state index in [4.69, 9.17) is 5.73 Å². The standard InChI is InChI=1S/C28H53N5O6S2/c1-16(2)13-21(31-24(34)19(29)9-11-40-7)26(36)33-23(15-18(5)6)27(37)32-22(14-17(3)4)25(35)30-20(28(38)39)10-12-41-8/h16-23H,9-15,29H2,1-8H3,(H,30,35)(H,31,34)(H,32,37)(H,33,36)(H,38,39)/t19-,20-,21-,22-,23-/m0/s1. The third kappa shape index (κ3) is 16.9. The molecule has 5 atom stereocenters. The minimum atomic E-state index is -1.14. The molecule has 7 N–H and O–H groups in total. The van der Waals surface area contributed by atoms with Gasteiger partial charge in [0.1, 0.15) is 24.2 Å². The van der Waals surface area contributed by atoms with Gasteiger partial charge in [0.2, 0.25) is 23.6 Å². The van der Waals surface area contributed by atoms with E-state index in [0.29, 0.717) is 30.8 Å². The van der Waals surface area contributed by atoms with Crippen molar-refractivity contribution in [2.24, 2.45) is 23.5 Å². The number of hydrogen-bond donors (Lipinski definition) is 6. The number of rotatable bonds is 21. The predicted octanol–water partition coefficient (Wildman–Crippen LogP) is 1.98. The molecule has 13 heteroatoms. The second-order valence-electron chi connectivity index (χ2n) is 11.6. The fraction of sp³-hybridized carbons (Fsp3) is 0.821. The molecule has 0 aromatic heterocycles. The van der Waals surface area contributed by atoms with Gasteiger partial charge in [-0.3, -0.25) is 19.2 Å². The van der Waals surface area contributed by atoms with Crippen LogP contribution < -0.4 is 27.0 Å². The Bertz CT molecular complexity index is 843. The second kappa shape index (κ2) is 20.8. The number of hydrogen-bond acceptors (Lipinski definition) is 8. The summed E-state index contributed by atoms with van der Waals surface area (Å²) in [5, 5.41) is 20.4. The SMILES string of the molecule is CSCC[C@H](NC(=O)[C@H](CC(C)C)NC(=O)[C@H](CC(C)C)NC(=O)[C@H](CC(C)C)NC(=O)[C@@H](N)CCSC)C(=O)O. The summed E-state index contributed by atoms with van der Waals surface area (Å²) in [5.74, 6) is -1.79. The largest absolute Gasteiger partial charge is 0.480 e. The number of thioether (sulfide) groups is 2. The summed E-state index contributed by atoms with van der Waals surface area (Å²) < 4.78 is 0. The number of nitrogens with two attached hydrogens (primary N) is 1. The molecule has 0 aliphatic heterocycles. The van der Waals surface area contributed by atoms with Crippen LogP contribution in [0.3, 0.4) is 0 Å². The maximum atomic E-state index is 13.5. The summed E-state index contributed by atoms with van der Waals surface area (Å²) >= 11 is 3.05. The second-order valence-corrected chi connectivity index (χ2v) is 13.6. The normalized spacial score (nSPS) is 15.1. The van der Waals surface area contributed by atoms with E-state index in [9.17, 15) is 29.1 Å². The molecule has 0 heterocycles. The van der Waals surface area contributed by atoms with Crippen LogP contribution in [-0.2, 0) is 24.0 Å². The summed E-state index contributed by atoms with van der Waals surface area (Å²) in [6.45, 7) is 11.5. The Balaban J connectivity index is 5.80. The van der Waals surface area contributed by atoms with Crippen molar-refractivity contribution >= 4 is 53.1 Å². The molecule has 0 bridgehead atoms. The van der Waals surface area contributed by atoms with Crippen molar-refractivity contribution in [1.82, 2.24) is 21.3 Å². The van der Waals surface area contributed by atoms with Crippen LogP contribution in [0.2, 0.25) is 0 Å². The van der Waals surface area contributed by atoms with Crippen molar-refractivity contribution in [2.45, 2.75) is 104 Å². The molecule has 0 fully saturated rings. The molecule has 0 radical (unpaired) electrons. The summed E-state index contributed by atoms with van der Waals surface area (Å²) in [7, 11) is 0. The molecule has 4 amide bonds. The topological polar surface area (TPSA) is 180 Å². The molecule has 0 unspecified atom stereocenters. The van der Waals surface area contributed by atoms with Crippen LogP contribution in [-0.4, -0.2) is 88.9 Å². The van der Waals surface area contributed by atoms with Gasteiger partial charge in [-0.15, -0.1) is 0 Å². The quantitative estimate of drug-likeness (QED) is 0.112. The van der Waals surface area contributed by atoms with Gasteiger partial charge in [0.15, 0.2) is 0 Å². The van der Waals surface area contributed by atoms with Gasteiger partial charge in [-0.2, -0.15) is 23.5 Å². The van der Waals surface area contributed by atoms with E-state index in [1.807, 2.05) is 54.1 Å². The monoisotopic (exact) mass is 619 g/mol. The molecule has 0 aliphatic carbocycles. The van der Waals surface area contributed by atoms with Gasteiger partial charge in [0.05, 0.1) is 6.04 Å². The number of aliphatic carboxylic acids is 1. The molecule has 0 rings (SSSR count). The molecular formula is C28H53N5O6S2. The highest BCUT2D eigenvalue weighted by Crippen LogP contribution is 2.12. The maximum absolute atomic E-state index is 13.5. The van der Waals surface area contributed by atoms with Crippen LogP contribution in [0, 0.1) is 17.8 Å². The first-order valence-electron chi connectivity index (χ1n) is 14.3. The van der Waals surface area contributed by atoms with E-state index >= 15 is 0 Å². The van der Waals surface area contributed by atoms with Gasteiger partial charge >= 0.3 is 5.97 Å². The van der Waals surface area contributed by atoms with Gasteiger partial charge in [0.25, 0.3) is 0 Å². The number of carbonyl (C=O) groups is 5. The molecule has 0 saturated heterocycles. The van der Waals surface area contributed by atoms with E-state index < -0.39 is 59.8 Å². The summed E-state index contributed by atoms with van der Waals surface area (Å²) in [6.07, 6.45) is 5.44. The summed E-state index contributed by atoms with van der Waals surface area (Å²) in [4.78, 5) is 64.3. The molecule has 0 saturated carbocycles. The average molecular weight is 620 g/mol. The van der Waals surface area contributed by atoms with Crippen LogP contribution >= 0.6 is 23.5 Å². The van der Waals surface area contributed by atoms with Crippen molar-refractivity contribution in [1.29, 1.82) is 0 Å². The maximum Gasteiger partial charge on any atom is 0.326 e. The van der Waals surface area contributed by atoms with Gasteiger partial charge in [-0.05, 0) is 73.9 Å². The van der Waals surface area contributed by atoms with Crippen molar-refractivity contribution in [2.75, 3.05) is 24.0 Å². The Kier molecular flexibility index (Phi) is 19.8. The van der Waals surface area contributed by atoms with Gasteiger partial charge in [0, 0.05) is 0 Å². The fourth-order valence-corrected chi connectivity index (χ4v) is 5.03. The van der Waals surface area contributed by atoms with E-state index in [1.165, 1.54) is 11.8 Å². The summed E-state index contributed by atoms with van der Waals surface area (Å²) in [5.41, 5.74) is 6.00. The lowest BCUT2D eigenvalue weighted by Crippen LogP contribution is -2.59. The molecular weight excluding hydrogens is 566 g/mol. The van der Waals surface area contributed by atoms with Crippen LogP contribution in [0.5, 0.6) is 0 Å². The highest BCUT2D eigenvalue weighted by atomic mass is 32.2. The van der Waals surface area contributed by atoms with Crippen LogP contribution in [0.25, 0.3) is 0 Å². The number of carbonyl (C=O) groups excluding carboxylic acids is 4. The van der Waals surface area contributed by atoms with Crippen molar-refractivity contribution in [3.8, 4) is 0 Å². The lowest BCUT2D eigenvalue weighted by molar-refractivity contribution is -0.142. The number of carboxylic acid groups (broad SMARTS) is 1. The van der Waals surface area contributed by atoms with Crippen LogP contribution in [0.15, 0.2) is 0 Å². The zero-order valence-electron chi connectivity index (χ0n) is 26.0. The number of nitrogens with one attached hydrogen (secondary N) is 4. The third-order valence-electron chi connectivity index (χ3n) is 6.22. The Labute approximate surface area is 254 Å². The highest BCUT2D eigenvalue weighted by Gasteiger charge is 2.32. The van der Waals surface area contributed by atoms with E-state index in [0.717, 1.165) is 0 Å². The first-order chi connectivity index (χ1) is 19.1. The summed E-state index contributed by atoms with van der Waals surface area (Å²) in [6, 6.07) is -4.65. The Hall–Kier alpha value is -1.99. The van der Waals surface area contributed by atoms with Crippen molar-refractivity contribution in [3.05, 3.63) is 0 Å².